The number of pyridine rings is 1. The molecule has 0 bridgehead atoms. The van der Waals surface area contributed by atoms with E-state index >= 15 is 0 Å². The summed E-state index contributed by atoms with van der Waals surface area (Å²) in [5.41, 5.74) is 14.0. The maximum absolute atomic E-state index is 6.63. The minimum Gasteiger partial charge on any atom is -0.489 e. The van der Waals surface area contributed by atoms with Crippen LogP contribution in [0.1, 0.15) is 44.6 Å². The number of ether oxygens (including phenoxy) is 1. The third-order valence-electron chi connectivity index (χ3n) is 6.46. The molecular weight excluding hydrogens is 382 g/mol. The van der Waals surface area contributed by atoms with Gasteiger partial charge in [-0.05, 0) is 61.3 Å². The average molecular weight is 410 g/mol. The van der Waals surface area contributed by atoms with Crippen LogP contribution in [0.15, 0.2) is 54.7 Å². The number of rotatable bonds is 5. The molecule has 0 aliphatic heterocycles. The number of nitrogens with two attached hydrogens (primary N) is 2. The number of halogens is 1. The maximum Gasteiger partial charge on any atom is 0.138 e. The number of nitrogen functional groups attached to an aromatic ring is 1. The molecule has 3 aromatic rings. The van der Waals surface area contributed by atoms with Crippen molar-refractivity contribution in [2.24, 2.45) is 5.73 Å². The van der Waals surface area contributed by atoms with Gasteiger partial charge in [-0.2, -0.15) is 0 Å². The molecule has 0 radical (unpaired) electrons. The molecule has 1 atom stereocenters. The van der Waals surface area contributed by atoms with Crippen LogP contribution in [0.3, 0.4) is 0 Å². The highest BCUT2D eigenvalue weighted by atomic mass is 35.5. The zero-order valence-electron chi connectivity index (χ0n) is 16.8. The first-order valence-electron chi connectivity index (χ1n) is 10.3. The Bertz CT molecular complexity index is 984. The fraction of sp³-hybridized carbons (Fsp3) is 0.375. The van der Waals surface area contributed by atoms with E-state index in [4.69, 9.17) is 27.8 Å². The van der Waals surface area contributed by atoms with Gasteiger partial charge in [0, 0.05) is 23.0 Å². The number of benzene rings is 2. The first kappa shape index (κ1) is 20.0. The predicted molar refractivity (Wildman–Crippen MR) is 120 cm³/mol. The maximum atomic E-state index is 6.63. The second kappa shape index (κ2) is 8.21. The Morgan fingerprint density at radius 3 is 2.59 bits per heavy atom. The van der Waals surface area contributed by atoms with Crippen molar-refractivity contribution in [3.05, 3.63) is 65.3 Å². The highest BCUT2D eigenvalue weighted by Gasteiger charge is 2.41. The minimum atomic E-state index is 0.0170. The summed E-state index contributed by atoms with van der Waals surface area (Å²) >= 11 is 6.49. The van der Waals surface area contributed by atoms with Crippen LogP contribution >= 0.6 is 11.6 Å². The van der Waals surface area contributed by atoms with Crippen LogP contribution in [0.4, 0.5) is 5.82 Å². The Hall–Kier alpha value is -2.30. The van der Waals surface area contributed by atoms with Gasteiger partial charge in [0.25, 0.3) is 0 Å². The number of hydrogen-bond acceptors (Lipinski definition) is 4. The molecule has 0 spiro atoms. The van der Waals surface area contributed by atoms with Crippen molar-refractivity contribution in [2.75, 3.05) is 5.73 Å². The second-order valence-corrected chi connectivity index (χ2v) is 8.46. The SMILES string of the molecule is CCC(N)[C@]1(c2ccccc2)CC[C@H](Oc2cc3ccnc(N)c3cc2Cl)CC1. The van der Waals surface area contributed by atoms with Crippen molar-refractivity contribution in [2.45, 2.75) is 56.6 Å². The standard InChI is InChI=1S/C24H28ClN3O/c1-2-22(26)24(17-6-4-3-5-7-17)11-8-18(9-12-24)29-21-14-16-10-13-28-23(27)19(16)15-20(21)25/h3-7,10,13-15,18,22H,2,8-9,11-12,26H2,1H3,(H2,27,28)/t18-,22?,24+. The van der Waals surface area contributed by atoms with E-state index < -0.39 is 0 Å². The van der Waals surface area contributed by atoms with Gasteiger partial charge in [-0.15, -0.1) is 0 Å². The van der Waals surface area contributed by atoms with Crippen LogP contribution < -0.4 is 16.2 Å². The monoisotopic (exact) mass is 409 g/mol. The molecule has 1 aromatic heterocycles. The van der Waals surface area contributed by atoms with E-state index in [9.17, 15) is 0 Å². The molecule has 1 fully saturated rings. The van der Waals surface area contributed by atoms with Crippen LogP contribution in [0, 0.1) is 0 Å². The summed E-state index contributed by atoms with van der Waals surface area (Å²) in [6.45, 7) is 2.17. The molecule has 0 amide bonds. The lowest BCUT2D eigenvalue weighted by Gasteiger charge is -2.44. The number of hydrogen-bond donors (Lipinski definition) is 2. The zero-order valence-corrected chi connectivity index (χ0v) is 17.5. The van der Waals surface area contributed by atoms with Gasteiger partial charge in [-0.1, -0.05) is 48.9 Å². The summed E-state index contributed by atoms with van der Waals surface area (Å²) < 4.78 is 6.34. The molecule has 4 rings (SSSR count). The topological polar surface area (TPSA) is 74.2 Å². The predicted octanol–water partition coefficient (Wildman–Crippen LogP) is 5.47. The molecule has 5 heteroatoms. The Morgan fingerprint density at radius 2 is 1.90 bits per heavy atom. The van der Waals surface area contributed by atoms with Crippen molar-refractivity contribution < 1.29 is 4.74 Å². The molecule has 4 N–H and O–H groups in total. The molecule has 29 heavy (non-hydrogen) atoms. The Labute approximate surface area is 177 Å². The largest absolute Gasteiger partial charge is 0.489 e. The van der Waals surface area contributed by atoms with E-state index in [0.717, 1.165) is 42.9 Å². The van der Waals surface area contributed by atoms with Gasteiger partial charge in [0.05, 0.1) is 11.1 Å². The number of fused-ring (bicyclic) bond motifs is 1. The summed E-state index contributed by atoms with van der Waals surface area (Å²) in [5.74, 6) is 1.19. The van der Waals surface area contributed by atoms with Gasteiger partial charge in [-0.3, -0.25) is 0 Å². The van der Waals surface area contributed by atoms with E-state index in [1.807, 2.05) is 18.2 Å². The van der Waals surface area contributed by atoms with Crippen LogP contribution in [-0.2, 0) is 5.41 Å². The normalized spacial score (nSPS) is 23.1. The van der Waals surface area contributed by atoms with Crippen molar-refractivity contribution in [1.29, 1.82) is 0 Å². The lowest BCUT2D eigenvalue weighted by Crippen LogP contribution is -2.48. The lowest BCUT2D eigenvalue weighted by molar-refractivity contribution is 0.104. The van der Waals surface area contributed by atoms with Crippen LogP contribution in [0.25, 0.3) is 10.8 Å². The third-order valence-corrected chi connectivity index (χ3v) is 6.76. The van der Waals surface area contributed by atoms with Gasteiger partial charge < -0.3 is 16.2 Å². The summed E-state index contributed by atoms with van der Waals surface area (Å²) in [4.78, 5) is 4.13. The molecular formula is C24H28ClN3O. The second-order valence-electron chi connectivity index (χ2n) is 8.05. The van der Waals surface area contributed by atoms with Gasteiger partial charge in [0.15, 0.2) is 0 Å². The van der Waals surface area contributed by atoms with Gasteiger partial charge >= 0.3 is 0 Å². The number of anilines is 1. The fourth-order valence-corrected chi connectivity index (χ4v) is 4.93. The molecule has 1 unspecified atom stereocenters. The van der Waals surface area contributed by atoms with Gasteiger partial charge in [-0.25, -0.2) is 4.98 Å². The van der Waals surface area contributed by atoms with E-state index in [1.165, 1.54) is 5.56 Å². The van der Waals surface area contributed by atoms with Crippen molar-refractivity contribution >= 4 is 28.2 Å². The summed E-state index contributed by atoms with van der Waals surface area (Å²) in [7, 11) is 0. The average Bonchev–Trinajstić information content (AvgIpc) is 2.76. The summed E-state index contributed by atoms with van der Waals surface area (Å²) in [5, 5.41) is 2.41. The van der Waals surface area contributed by atoms with Gasteiger partial charge in [0.1, 0.15) is 11.6 Å². The first-order valence-corrected chi connectivity index (χ1v) is 10.7. The quantitative estimate of drug-likeness (QED) is 0.586. The van der Waals surface area contributed by atoms with Crippen molar-refractivity contribution in [3.63, 3.8) is 0 Å². The van der Waals surface area contributed by atoms with Crippen molar-refractivity contribution in [1.82, 2.24) is 4.98 Å². The molecule has 0 saturated heterocycles. The first-order chi connectivity index (χ1) is 14.0. The molecule has 4 nitrogen and oxygen atoms in total. The Morgan fingerprint density at radius 1 is 1.17 bits per heavy atom. The fourth-order valence-electron chi connectivity index (χ4n) is 4.72. The van der Waals surface area contributed by atoms with E-state index in [0.29, 0.717) is 16.6 Å². The van der Waals surface area contributed by atoms with Crippen LogP contribution in [-0.4, -0.2) is 17.1 Å². The Kier molecular flexibility index (Phi) is 5.66. The highest BCUT2D eigenvalue weighted by molar-refractivity contribution is 6.33. The van der Waals surface area contributed by atoms with Crippen LogP contribution in [0.2, 0.25) is 5.02 Å². The van der Waals surface area contributed by atoms with Crippen LogP contribution in [0.5, 0.6) is 5.75 Å². The minimum absolute atomic E-state index is 0.0170. The highest BCUT2D eigenvalue weighted by Crippen LogP contribution is 2.44. The molecule has 1 heterocycles. The number of aromatic nitrogens is 1. The molecule has 152 valence electrons. The third kappa shape index (κ3) is 3.79. The lowest BCUT2D eigenvalue weighted by atomic mass is 9.64. The number of nitrogens with zero attached hydrogens (tertiary/aromatic N) is 1. The molecule has 1 saturated carbocycles. The Balaban J connectivity index is 1.54. The van der Waals surface area contributed by atoms with E-state index in [1.54, 1.807) is 6.20 Å². The zero-order chi connectivity index (χ0) is 20.4. The molecule has 1 aliphatic rings. The molecule has 2 aromatic carbocycles. The van der Waals surface area contributed by atoms with Crippen molar-refractivity contribution in [3.8, 4) is 5.75 Å². The van der Waals surface area contributed by atoms with E-state index in [-0.39, 0.29) is 17.6 Å². The molecule has 1 aliphatic carbocycles. The summed E-state index contributed by atoms with van der Waals surface area (Å²) in [6, 6.07) is 16.6. The van der Waals surface area contributed by atoms with Gasteiger partial charge in [0.2, 0.25) is 0 Å². The smallest absolute Gasteiger partial charge is 0.138 e. The van der Waals surface area contributed by atoms with E-state index in [2.05, 4.69) is 42.2 Å². The summed E-state index contributed by atoms with van der Waals surface area (Å²) in [6.07, 6.45) is 6.73.